The third-order valence-electron chi connectivity index (χ3n) is 2.87. The smallest absolute Gasteiger partial charge is 0.167 e. The number of rotatable bonds is 6. The topological polar surface area (TPSA) is 29.5 Å². The van der Waals surface area contributed by atoms with Crippen molar-refractivity contribution < 1.29 is 9.53 Å². The molecule has 0 aliphatic heterocycles. The van der Waals surface area contributed by atoms with Gasteiger partial charge >= 0.3 is 0 Å². The molecule has 0 radical (unpaired) electrons. The molecule has 2 rings (SSSR count). The average molecular weight is 269 g/mol. The number of carbonyl (C=O) groups excluding carboxylic acids is 1. The maximum Gasteiger partial charge on any atom is 0.167 e. The van der Waals surface area contributed by atoms with E-state index in [0.717, 1.165) is 16.9 Å². The number of Topliss-reactive ketones (excluding diaryl/α,β-unsaturated/α-hetero) is 1. The zero-order valence-electron chi connectivity index (χ0n) is 11.9. The maximum atomic E-state index is 12.1. The molecule has 0 bridgehead atoms. The third-order valence-corrected chi connectivity index (χ3v) is 2.87. The number of ether oxygens (including phenoxy) is 1. The largest absolute Gasteiger partial charge is 0.478 e. The fourth-order valence-electron chi connectivity index (χ4n) is 1.82. The summed E-state index contributed by atoms with van der Waals surface area (Å²) >= 11 is 0. The van der Waals surface area contributed by atoms with E-state index in [4.69, 9.17) is 4.74 Å². The van der Waals surface area contributed by atoms with Crippen LogP contribution >= 0.6 is 0 Å². The van der Waals surface area contributed by atoms with Crippen molar-refractivity contribution in [2.45, 2.75) is 6.42 Å². The van der Waals surface area contributed by atoms with Crippen molar-refractivity contribution in [3.63, 3.8) is 0 Å². The molecule has 0 unspecified atom stereocenters. The number of hydrogen-bond acceptors (Lipinski definition) is 3. The summed E-state index contributed by atoms with van der Waals surface area (Å²) in [4.78, 5) is 14.0. The normalized spacial score (nSPS) is 10.6. The third kappa shape index (κ3) is 4.21. The predicted molar refractivity (Wildman–Crippen MR) is 80.1 cm³/mol. The van der Waals surface area contributed by atoms with E-state index < -0.39 is 0 Å². The van der Waals surface area contributed by atoms with Crippen molar-refractivity contribution >= 4 is 5.78 Å². The quantitative estimate of drug-likeness (QED) is 0.596. The van der Waals surface area contributed by atoms with Gasteiger partial charge in [0.15, 0.2) is 5.78 Å². The molecule has 0 aliphatic rings. The molecule has 0 saturated carbocycles. The van der Waals surface area contributed by atoms with Crippen LogP contribution in [0.1, 0.15) is 15.9 Å². The Morgan fingerprint density at radius 2 is 1.65 bits per heavy atom. The van der Waals surface area contributed by atoms with E-state index in [9.17, 15) is 4.79 Å². The summed E-state index contributed by atoms with van der Waals surface area (Å²) in [7, 11) is 3.90. The molecule has 0 spiro atoms. The van der Waals surface area contributed by atoms with Gasteiger partial charge in [-0.3, -0.25) is 9.69 Å². The van der Waals surface area contributed by atoms with Gasteiger partial charge in [-0.25, -0.2) is 0 Å². The Bertz CT molecular complexity index is 547. The minimum atomic E-state index is 0.132. The lowest BCUT2D eigenvalue weighted by molar-refractivity contribution is 0.0993. The zero-order valence-corrected chi connectivity index (χ0v) is 11.9. The van der Waals surface area contributed by atoms with Gasteiger partial charge in [0.05, 0.1) is 0 Å². The molecule has 0 fully saturated rings. The highest BCUT2D eigenvalue weighted by molar-refractivity contribution is 5.97. The molecular formula is C17H19NO2. The van der Waals surface area contributed by atoms with Crippen molar-refractivity contribution in [1.82, 2.24) is 4.90 Å². The monoisotopic (exact) mass is 269 g/mol. The SMILES string of the molecule is CN(C)COc1ccc(CC(=O)c2ccccc2)cc1. The molecule has 3 nitrogen and oxygen atoms in total. The van der Waals surface area contributed by atoms with Gasteiger partial charge in [-0.15, -0.1) is 0 Å². The maximum absolute atomic E-state index is 12.1. The Morgan fingerprint density at radius 1 is 1.00 bits per heavy atom. The van der Waals surface area contributed by atoms with E-state index in [0.29, 0.717) is 13.2 Å². The Hall–Kier alpha value is -2.13. The van der Waals surface area contributed by atoms with Crippen molar-refractivity contribution in [1.29, 1.82) is 0 Å². The van der Waals surface area contributed by atoms with Crippen molar-refractivity contribution in [2.24, 2.45) is 0 Å². The number of nitrogens with zero attached hydrogens (tertiary/aromatic N) is 1. The molecule has 2 aromatic rings. The summed E-state index contributed by atoms with van der Waals surface area (Å²) in [6.45, 7) is 0.544. The summed E-state index contributed by atoms with van der Waals surface area (Å²) in [5.41, 5.74) is 1.75. The van der Waals surface area contributed by atoms with Gasteiger partial charge in [0.25, 0.3) is 0 Å². The van der Waals surface area contributed by atoms with Crippen LogP contribution in [0.5, 0.6) is 5.75 Å². The molecule has 0 aliphatic carbocycles. The fraction of sp³-hybridized carbons (Fsp3) is 0.235. The first-order valence-corrected chi connectivity index (χ1v) is 6.60. The predicted octanol–water partition coefficient (Wildman–Crippen LogP) is 3.01. The Labute approximate surface area is 119 Å². The molecule has 0 amide bonds. The first kappa shape index (κ1) is 14.3. The second-order valence-corrected chi connectivity index (χ2v) is 4.96. The Morgan fingerprint density at radius 3 is 2.25 bits per heavy atom. The molecular weight excluding hydrogens is 250 g/mol. The molecule has 0 saturated heterocycles. The van der Waals surface area contributed by atoms with Crippen molar-refractivity contribution in [3.8, 4) is 5.75 Å². The number of ketones is 1. The molecule has 104 valence electrons. The lowest BCUT2D eigenvalue weighted by Crippen LogP contribution is -2.18. The minimum absolute atomic E-state index is 0.132. The first-order chi connectivity index (χ1) is 9.65. The Kier molecular flexibility index (Phi) is 4.91. The molecule has 2 aromatic carbocycles. The van der Waals surface area contributed by atoms with Crippen LogP contribution in [0.4, 0.5) is 0 Å². The van der Waals surface area contributed by atoms with Gasteiger partial charge in [0.1, 0.15) is 12.5 Å². The molecule has 0 aromatic heterocycles. The second-order valence-electron chi connectivity index (χ2n) is 4.96. The van der Waals surface area contributed by atoms with Crippen LogP contribution in [0.15, 0.2) is 54.6 Å². The number of hydrogen-bond donors (Lipinski definition) is 0. The highest BCUT2D eigenvalue weighted by Gasteiger charge is 2.06. The van der Waals surface area contributed by atoms with Gasteiger partial charge in [-0.05, 0) is 31.8 Å². The van der Waals surface area contributed by atoms with Crippen LogP contribution in [0.25, 0.3) is 0 Å². The van der Waals surface area contributed by atoms with Crippen LogP contribution in [0, 0.1) is 0 Å². The standard InChI is InChI=1S/C17H19NO2/c1-18(2)13-20-16-10-8-14(9-11-16)12-17(19)15-6-4-3-5-7-15/h3-11H,12-13H2,1-2H3. The summed E-state index contributed by atoms with van der Waals surface area (Å²) in [5.74, 6) is 0.946. The number of benzene rings is 2. The lowest BCUT2D eigenvalue weighted by Gasteiger charge is -2.11. The van der Waals surface area contributed by atoms with Gasteiger partial charge in [0, 0.05) is 12.0 Å². The molecule has 20 heavy (non-hydrogen) atoms. The van der Waals surface area contributed by atoms with Gasteiger partial charge in [-0.2, -0.15) is 0 Å². The van der Waals surface area contributed by atoms with E-state index in [-0.39, 0.29) is 5.78 Å². The van der Waals surface area contributed by atoms with Crippen LogP contribution in [-0.2, 0) is 6.42 Å². The van der Waals surface area contributed by atoms with E-state index in [2.05, 4.69) is 0 Å². The van der Waals surface area contributed by atoms with Crippen LogP contribution in [0.3, 0.4) is 0 Å². The molecule has 0 N–H and O–H groups in total. The molecule has 0 atom stereocenters. The van der Waals surface area contributed by atoms with Crippen LogP contribution < -0.4 is 4.74 Å². The lowest BCUT2D eigenvalue weighted by atomic mass is 10.0. The molecule has 0 heterocycles. The van der Waals surface area contributed by atoms with Crippen LogP contribution in [0.2, 0.25) is 0 Å². The highest BCUT2D eigenvalue weighted by atomic mass is 16.5. The van der Waals surface area contributed by atoms with E-state index in [1.54, 1.807) is 0 Å². The van der Waals surface area contributed by atoms with E-state index >= 15 is 0 Å². The Balaban J connectivity index is 1.95. The number of carbonyl (C=O) groups is 1. The van der Waals surface area contributed by atoms with Crippen LogP contribution in [-0.4, -0.2) is 31.5 Å². The summed E-state index contributed by atoms with van der Waals surface area (Å²) in [5, 5.41) is 0. The van der Waals surface area contributed by atoms with Gasteiger partial charge in [-0.1, -0.05) is 42.5 Å². The summed E-state index contributed by atoms with van der Waals surface area (Å²) < 4.78 is 5.55. The summed E-state index contributed by atoms with van der Waals surface area (Å²) in [6, 6.07) is 17.0. The average Bonchev–Trinajstić information content (AvgIpc) is 2.47. The zero-order chi connectivity index (χ0) is 14.4. The van der Waals surface area contributed by atoms with Gasteiger partial charge < -0.3 is 4.74 Å². The first-order valence-electron chi connectivity index (χ1n) is 6.60. The summed E-state index contributed by atoms with van der Waals surface area (Å²) in [6.07, 6.45) is 0.415. The van der Waals surface area contributed by atoms with Gasteiger partial charge in [0.2, 0.25) is 0 Å². The van der Waals surface area contributed by atoms with Crippen molar-refractivity contribution in [3.05, 3.63) is 65.7 Å². The fourth-order valence-corrected chi connectivity index (χ4v) is 1.82. The van der Waals surface area contributed by atoms with Crippen molar-refractivity contribution in [2.75, 3.05) is 20.8 Å². The molecule has 3 heteroatoms. The minimum Gasteiger partial charge on any atom is -0.478 e. The van der Waals surface area contributed by atoms with E-state index in [1.807, 2.05) is 73.6 Å². The second kappa shape index (κ2) is 6.87. The highest BCUT2D eigenvalue weighted by Crippen LogP contribution is 2.14. The van der Waals surface area contributed by atoms with E-state index in [1.165, 1.54) is 0 Å².